The maximum atomic E-state index is 12.3. The van der Waals surface area contributed by atoms with Crippen molar-refractivity contribution in [1.82, 2.24) is 8.61 Å². The van der Waals surface area contributed by atoms with E-state index < -0.39 is 10.2 Å². The molecule has 0 aromatic carbocycles. The minimum Gasteiger partial charge on any atom is -0.379 e. The second kappa shape index (κ2) is 7.40. The number of rotatable bonds is 7. The second-order valence-corrected chi connectivity index (χ2v) is 6.87. The van der Waals surface area contributed by atoms with Crippen LogP contribution in [-0.4, -0.2) is 63.5 Å². The quantitative estimate of drug-likeness (QED) is 0.659. The van der Waals surface area contributed by atoms with Gasteiger partial charge in [0.2, 0.25) is 0 Å². The third kappa shape index (κ3) is 4.47. The molecule has 2 N–H and O–H groups in total. The third-order valence-corrected chi connectivity index (χ3v) is 5.11. The minimum absolute atomic E-state index is 0.368. The summed E-state index contributed by atoms with van der Waals surface area (Å²) in [6.45, 7) is 5.02. The zero-order valence-corrected chi connectivity index (χ0v) is 12.2. The lowest BCUT2D eigenvalue weighted by Gasteiger charge is -2.33. The van der Waals surface area contributed by atoms with Crippen LogP contribution in [0.3, 0.4) is 0 Å². The lowest BCUT2D eigenvalue weighted by molar-refractivity contribution is 0.131. The van der Waals surface area contributed by atoms with Crippen LogP contribution in [0.5, 0.6) is 0 Å². The van der Waals surface area contributed by atoms with Gasteiger partial charge in [0.1, 0.15) is 0 Å². The van der Waals surface area contributed by atoms with E-state index in [0.29, 0.717) is 45.3 Å². The van der Waals surface area contributed by atoms with Crippen molar-refractivity contribution in [1.29, 1.82) is 0 Å². The Hall–Kier alpha value is -0.210. The molecule has 0 spiro atoms. The molecule has 1 unspecified atom stereocenters. The fourth-order valence-electron chi connectivity index (χ4n) is 2.05. The van der Waals surface area contributed by atoms with Gasteiger partial charge in [-0.05, 0) is 18.8 Å². The maximum Gasteiger partial charge on any atom is 0.281 e. The van der Waals surface area contributed by atoms with Gasteiger partial charge in [0, 0.05) is 33.2 Å². The first kappa shape index (κ1) is 15.8. The van der Waals surface area contributed by atoms with Crippen molar-refractivity contribution in [3.63, 3.8) is 0 Å². The van der Waals surface area contributed by atoms with Crippen LogP contribution in [0.4, 0.5) is 0 Å². The molecule has 0 saturated carbocycles. The number of likely N-dealkylation sites (N-methyl/N-ethyl adjacent to an activating group) is 1. The molecule has 1 aliphatic rings. The molecule has 18 heavy (non-hydrogen) atoms. The molecule has 1 rings (SSSR count). The Kier molecular flexibility index (Phi) is 6.51. The standard InChI is InChI=1S/C11H25N3O3S/c1-11-4-3-6-14(10-11)18(15,16)13(2)7-9-17-8-5-12/h11H,3-10,12H2,1-2H3. The molecule has 7 heteroatoms. The monoisotopic (exact) mass is 279 g/mol. The predicted octanol–water partition coefficient (Wildman–Crippen LogP) is -0.130. The molecule has 6 nitrogen and oxygen atoms in total. The Morgan fingerprint density at radius 2 is 2.17 bits per heavy atom. The van der Waals surface area contributed by atoms with Crippen molar-refractivity contribution < 1.29 is 13.2 Å². The van der Waals surface area contributed by atoms with Crippen molar-refractivity contribution in [2.75, 3.05) is 46.4 Å². The summed E-state index contributed by atoms with van der Waals surface area (Å²) in [5.41, 5.74) is 5.30. The number of hydrogen-bond acceptors (Lipinski definition) is 4. The van der Waals surface area contributed by atoms with Gasteiger partial charge < -0.3 is 10.5 Å². The van der Waals surface area contributed by atoms with Gasteiger partial charge in [0.05, 0.1) is 13.2 Å². The summed E-state index contributed by atoms with van der Waals surface area (Å²) in [7, 11) is -1.73. The van der Waals surface area contributed by atoms with Crippen molar-refractivity contribution in [2.45, 2.75) is 19.8 Å². The maximum absolute atomic E-state index is 12.3. The van der Waals surface area contributed by atoms with Gasteiger partial charge in [0.25, 0.3) is 10.2 Å². The van der Waals surface area contributed by atoms with Crippen molar-refractivity contribution in [2.24, 2.45) is 11.7 Å². The molecular weight excluding hydrogens is 254 g/mol. The van der Waals surface area contributed by atoms with E-state index in [4.69, 9.17) is 10.5 Å². The van der Waals surface area contributed by atoms with Gasteiger partial charge in [-0.3, -0.25) is 0 Å². The summed E-state index contributed by atoms with van der Waals surface area (Å²) < 4.78 is 32.7. The molecule has 0 bridgehead atoms. The van der Waals surface area contributed by atoms with E-state index in [-0.39, 0.29) is 0 Å². The molecule has 0 aliphatic carbocycles. The first-order chi connectivity index (χ1) is 8.48. The third-order valence-electron chi connectivity index (χ3n) is 3.15. The van der Waals surface area contributed by atoms with Crippen LogP contribution in [0.15, 0.2) is 0 Å². The molecule has 1 aliphatic heterocycles. The molecule has 108 valence electrons. The van der Waals surface area contributed by atoms with Gasteiger partial charge in [-0.2, -0.15) is 17.0 Å². The first-order valence-electron chi connectivity index (χ1n) is 6.47. The molecule has 1 atom stereocenters. The van der Waals surface area contributed by atoms with E-state index in [9.17, 15) is 8.42 Å². The van der Waals surface area contributed by atoms with Crippen LogP contribution in [0.1, 0.15) is 19.8 Å². The van der Waals surface area contributed by atoms with Gasteiger partial charge in [-0.1, -0.05) is 6.92 Å². The molecule has 1 saturated heterocycles. The highest BCUT2D eigenvalue weighted by atomic mass is 32.2. The van der Waals surface area contributed by atoms with E-state index in [0.717, 1.165) is 12.8 Å². The van der Waals surface area contributed by atoms with E-state index in [1.54, 1.807) is 11.4 Å². The average Bonchev–Trinajstić information content (AvgIpc) is 2.34. The van der Waals surface area contributed by atoms with Crippen molar-refractivity contribution >= 4 is 10.2 Å². The zero-order chi connectivity index (χ0) is 13.6. The molecule has 1 heterocycles. The summed E-state index contributed by atoms with van der Waals surface area (Å²) in [5, 5.41) is 0. The Morgan fingerprint density at radius 1 is 1.44 bits per heavy atom. The Balaban J connectivity index is 2.45. The smallest absolute Gasteiger partial charge is 0.281 e. The summed E-state index contributed by atoms with van der Waals surface area (Å²) in [6, 6.07) is 0. The van der Waals surface area contributed by atoms with Crippen LogP contribution >= 0.6 is 0 Å². The zero-order valence-electron chi connectivity index (χ0n) is 11.3. The van der Waals surface area contributed by atoms with E-state index in [1.807, 2.05) is 0 Å². The topological polar surface area (TPSA) is 75.9 Å². The summed E-state index contributed by atoms with van der Waals surface area (Å²) in [6.07, 6.45) is 2.05. The Bertz CT molecular complexity index is 334. The van der Waals surface area contributed by atoms with Crippen molar-refractivity contribution in [3.05, 3.63) is 0 Å². The predicted molar refractivity (Wildman–Crippen MR) is 71.4 cm³/mol. The summed E-state index contributed by atoms with van der Waals surface area (Å²) in [4.78, 5) is 0. The molecular formula is C11H25N3O3S. The van der Waals surface area contributed by atoms with Gasteiger partial charge in [-0.25, -0.2) is 0 Å². The highest BCUT2D eigenvalue weighted by molar-refractivity contribution is 7.86. The number of ether oxygens (including phenoxy) is 1. The fourth-order valence-corrected chi connectivity index (χ4v) is 3.55. The fraction of sp³-hybridized carbons (Fsp3) is 1.00. The van der Waals surface area contributed by atoms with E-state index >= 15 is 0 Å². The van der Waals surface area contributed by atoms with E-state index in [2.05, 4.69) is 6.92 Å². The van der Waals surface area contributed by atoms with E-state index in [1.165, 1.54) is 4.31 Å². The highest BCUT2D eigenvalue weighted by Crippen LogP contribution is 2.19. The van der Waals surface area contributed by atoms with Crippen LogP contribution in [-0.2, 0) is 14.9 Å². The molecule has 1 fully saturated rings. The number of nitrogens with zero attached hydrogens (tertiary/aromatic N) is 2. The SMILES string of the molecule is CC1CCCN(S(=O)(=O)N(C)CCOCCN)C1. The van der Waals surface area contributed by atoms with Gasteiger partial charge in [0.15, 0.2) is 0 Å². The minimum atomic E-state index is -3.33. The lowest BCUT2D eigenvalue weighted by atomic mass is 10.0. The van der Waals surface area contributed by atoms with Crippen molar-refractivity contribution in [3.8, 4) is 0 Å². The molecule has 0 radical (unpaired) electrons. The van der Waals surface area contributed by atoms with Gasteiger partial charge >= 0.3 is 0 Å². The Morgan fingerprint density at radius 3 is 2.78 bits per heavy atom. The number of hydrogen-bond donors (Lipinski definition) is 1. The lowest BCUT2D eigenvalue weighted by Crippen LogP contribution is -2.47. The van der Waals surface area contributed by atoms with Crippen LogP contribution in [0, 0.1) is 5.92 Å². The largest absolute Gasteiger partial charge is 0.379 e. The molecule has 0 aromatic heterocycles. The molecule has 0 amide bonds. The summed E-state index contributed by atoms with van der Waals surface area (Å²) >= 11 is 0. The summed E-state index contributed by atoms with van der Waals surface area (Å²) in [5.74, 6) is 0.440. The highest BCUT2D eigenvalue weighted by Gasteiger charge is 2.30. The average molecular weight is 279 g/mol. The van der Waals surface area contributed by atoms with Crippen LogP contribution < -0.4 is 5.73 Å². The van der Waals surface area contributed by atoms with Crippen LogP contribution in [0.2, 0.25) is 0 Å². The number of piperidine rings is 1. The normalized spacial score (nSPS) is 22.6. The first-order valence-corrected chi connectivity index (χ1v) is 7.87. The van der Waals surface area contributed by atoms with Crippen LogP contribution in [0.25, 0.3) is 0 Å². The number of nitrogens with two attached hydrogens (primary N) is 1. The molecule has 0 aromatic rings. The Labute approximate surface area is 110 Å². The van der Waals surface area contributed by atoms with Gasteiger partial charge in [-0.15, -0.1) is 0 Å². The second-order valence-electron chi connectivity index (χ2n) is 4.84.